The Hall–Kier alpha value is -1.84. The zero-order valence-electron chi connectivity index (χ0n) is 19.7. The Morgan fingerprint density at radius 3 is 2.53 bits per heavy atom. The Kier molecular flexibility index (Phi) is 9.79. The lowest BCUT2D eigenvalue weighted by molar-refractivity contribution is -0.134. The van der Waals surface area contributed by atoms with E-state index in [-0.39, 0.29) is 47.4 Å². The van der Waals surface area contributed by atoms with E-state index < -0.39 is 0 Å². The monoisotopic (exact) mass is 555 g/mol. The molecule has 1 saturated heterocycles. The molecular formula is C24H38IN5O2. The highest BCUT2D eigenvalue weighted by Gasteiger charge is 2.32. The number of amides is 2. The molecule has 32 heavy (non-hydrogen) atoms. The molecule has 1 unspecified atom stereocenters. The number of benzene rings is 1. The van der Waals surface area contributed by atoms with Crippen molar-refractivity contribution in [2.75, 3.05) is 20.1 Å². The smallest absolute Gasteiger partial charge is 0.251 e. The molecule has 7 nitrogen and oxygen atoms in total. The van der Waals surface area contributed by atoms with Crippen LogP contribution in [0.2, 0.25) is 0 Å². The van der Waals surface area contributed by atoms with Crippen LogP contribution in [0.5, 0.6) is 0 Å². The first-order valence-electron chi connectivity index (χ1n) is 11.4. The highest BCUT2D eigenvalue weighted by molar-refractivity contribution is 14.0. The minimum Gasteiger partial charge on any atom is -0.352 e. The first-order chi connectivity index (χ1) is 14.7. The largest absolute Gasteiger partial charge is 0.352 e. The second kappa shape index (κ2) is 11.9. The zero-order valence-corrected chi connectivity index (χ0v) is 22.1. The van der Waals surface area contributed by atoms with Crippen LogP contribution in [-0.4, -0.2) is 54.4 Å². The van der Waals surface area contributed by atoms with E-state index in [9.17, 15) is 9.59 Å². The van der Waals surface area contributed by atoms with Gasteiger partial charge >= 0.3 is 0 Å². The number of rotatable bonds is 5. The van der Waals surface area contributed by atoms with Gasteiger partial charge < -0.3 is 20.9 Å². The van der Waals surface area contributed by atoms with Crippen LogP contribution in [0.3, 0.4) is 0 Å². The lowest BCUT2D eigenvalue weighted by Gasteiger charge is -2.22. The quantitative estimate of drug-likeness (QED) is 0.296. The fourth-order valence-corrected chi connectivity index (χ4v) is 4.32. The maximum Gasteiger partial charge on any atom is 0.251 e. The number of aliphatic imine (C=N–C) groups is 1. The van der Waals surface area contributed by atoms with Crippen molar-refractivity contribution < 1.29 is 9.59 Å². The fraction of sp³-hybridized carbons (Fsp3) is 0.625. The molecule has 1 aliphatic carbocycles. The summed E-state index contributed by atoms with van der Waals surface area (Å²) < 4.78 is 0. The van der Waals surface area contributed by atoms with Gasteiger partial charge in [0.05, 0.1) is 0 Å². The predicted molar refractivity (Wildman–Crippen MR) is 139 cm³/mol. The molecule has 1 saturated carbocycles. The number of guanidine groups is 1. The summed E-state index contributed by atoms with van der Waals surface area (Å²) in [6, 6.07) is 7.82. The van der Waals surface area contributed by atoms with Crippen LogP contribution in [0.15, 0.2) is 29.3 Å². The van der Waals surface area contributed by atoms with Gasteiger partial charge in [0, 0.05) is 49.7 Å². The van der Waals surface area contributed by atoms with E-state index in [1.54, 1.807) is 7.05 Å². The van der Waals surface area contributed by atoms with Gasteiger partial charge in [-0.3, -0.25) is 14.6 Å². The normalized spacial score (nSPS) is 19.4. The molecule has 0 bridgehead atoms. The van der Waals surface area contributed by atoms with E-state index in [1.165, 1.54) is 12.8 Å². The van der Waals surface area contributed by atoms with Gasteiger partial charge in [0.15, 0.2) is 5.96 Å². The number of carbonyl (C=O) groups excluding carboxylic acids is 2. The number of nitrogens with one attached hydrogen (secondary N) is 3. The van der Waals surface area contributed by atoms with Crippen molar-refractivity contribution in [1.29, 1.82) is 0 Å². The molecule has 2 aliphatic rings. The minimum atomic E-state index is -0.272. The third-order valence-electron chi connectivity index (χ3n) is 5.91. The van der Waals surface area contributed by atoms with Gasteiger partial charge in [0.2, 0.25) is 5.91 Å². The van der Waals surface area contributed by atoms with E-state index in [2.05, 4.69) is 20.9 Å². The van der Waals surface area contributed by atoms with E-state index >= 15 is 0 Å². The Morgan fingerprint density at radius 2 is 1.88 bits per heavy atom. The number of hydrogen-bond donors (Lipinski definition) is 3. The Labute approximate surface area is 209 Å². The first-order valence-corrected chi connectivity index (χ1v) is 11.4. The summed E-state index contributed by atoms with van der Waals surface area (Å²) in [5.41, 5.74) is 1.38. The van der Waals surface area contributed by atoms with Crippen molar-refractivity contribution in [2.24, 2.45) is 10.9 Å². The van der Waals surface area contributed by atoms with Crippen LogP contribution in [0, 0.1) is 5.92 Å². The van der Waals surface area contributed by atoms with Crippen LogP contribution < -0.4 is 16.0 Å². The van der Waals surface area contributed by atoms with Crippen molar-refractivity contribution in [3.8, 4) is 0 Å². The van der Waals surface area contributed by atoms with E-state index in [4.69, 9.17) is 0 Å². The van der Waals surface area contributed by atoms with Crippen molar-refractivity contribution in [2.45, 2.75) is 71.0 Å². The van der Waals surface area contributed by atoms with E-state index in [0.29, 0.717) is 24.0 Å². The molecule has 0 aromatic heterocycles. The van der Waals surface area contributed by atoms with Crippen molar-refractivity contribution in [3.63, 3.8) is 0 Å². The molecule has 2 amide bonds. The zero-order chi connectivity index (χ0) is 22.4. The molecule has 0 radical (unpaired) electrons. The van der Waals surface area contributed by atoms with Gasteiger partial charge in [0.25, 0.3) is 5.91 Å². The molecule has 3 rings (SSSR count). The fourth-order valence-electron chi connectivity index (χ4n) is 4.32. The molecule has 178 valence electrons. The summed E-state index contributed by atoms with van der Waals surface area (Å²) in [5.74, 6) is 1.20. The lowest BCUT2D eigenvalue weighted by atomic mass is 10.1. The second-order valence-corrected chi connectivity index (χ2v) is 9.73. The van der Waals surface area contributed by atoms with Crippen molar-refractivity contribution in [1.82, 2.24) is 20.9 Å². The molecule has 1 atom stereocenters. The second-order valence-electron chi connectivity index (χ2n) is 9.73. The van der Waals surface area contributed by atoms with E-state index in [1.807, 2.05) is 49.9 Å². The Bertz CT molecular complexity index is 815. The van der Waals surface area contributed by atoms with Crippen LogP contribution in [-0.2, 0) is 11.3 Å². The number of carbonyl (C=O) groups is 2. The predicted octanol–water partition coefficient (Wildman–Crippen LogP) is 3.29. The maximum atomic E-state index is 12.7. The average molecular weight is 556 g/mol. The van der Waals surface area contributed by atoms with Gasteiger partial charge in [-0.25, -0.2) is 0 Å². The van der Waals surface area contributed by atoms with Crippen LogP contribution in [0.4, 0.5) is 0 Å². The number of likely N-dealkylation sites (tertiary alicyclic amines) is 1. The van der Waals surface area contributed by atoms with Crippen molar-refractivity contribution in [3.05, 3.63) is 35.4 Å². The Morgan fingerprint density at radius 1 is 1.16 bits per heavy atom. The third kappa shape index (κ3) is 7.64. The molecule has 8 heteroatoms. The first kappa shape index (κ1) is 26.4. The lowest BCUT2D eigenvalue weighted by Crippen LogP contribution is -2.45. The molecule has 0 spiro atoms. The average Bonchev–Trinajstić information content (AvgIpc) is 3.42. The topological polar surface area (TPSA) is 85.8 Å². The van der Waals surface area contributed by atoms with Gasteiger partial charge in [-0.1, -0.05) is 25.0 Å². The van der Waals surface area contributed by atoms with Gasteiger partial charge in [-0.2, -0.15) is 0 Å². The van der Waals surface area contributed by atoms with Gasteiger partial charge in [-0.15, -0.1) is 24.0 Å². The summed E-state index contributed by atoms with van der Waals surface area (Å²) in [7, 11) is 1.75. The summed E-state index contributed by atoms with van der Waals surface area (Å²) >= 11 is 0. The number of nitrogens with zero attached hydrogens (tertiary/aromatic N) is 2. The molecular weight excluding hydrogens is 517 g/mol. The highest BCUT2D eigenvalue weighted by atomic mass is 127. The molecule has 1 aromatic rings. The molecule has 3 N–H and O–H groups in total. The van der Waals surface area contributed by atoms with Crippen LogP contribution in [0.1, 0.15) is 68.8 Å². The van der Waals surface area contributed by atoms with Crippen LogP contribution in [0.25, 0.3) is 0 Å². The van der Waals surface area contributed by atoms with Crippen molar-refractivity contribution >= 4 is 41.8 Å². The molecule has 1 aliphatic heterocycles. The summed E-state index contributed by atoms with van der Waals surface area (Å²) in [6.45, 7) is 8.02. The summed E-state index contributed by atoms with van der Waals surface area (Å²) in [4.78, 5) is 31.4. The number of halogens is 1. The Balaban J connectivity index is 0.00000363. The number of hydrogen-bond acceptors (Lipinski definition) is 3. The van der Waals surface area contributed by atoms with Gasteiger partial charge in [0.1, 0.15) is 0 Å². The highest BCUT2D eigenvalue weighted by Crippen LogP contribution is 2.27. The van der Waals surface area contributed by atoms with E-state index in [0.717, 1.165) is 37.9 Å². The molecule has 1 heterocycles. The SMILES string of the molecule is CN=C(NCc1cccc(C(=O)NC(C)(C)C)c1)NC1CCN(C(=O)C2CCCC2)C1.I. The third-order valence-corrected chi connectivity index (χ3v) is 5.91. The molecule has 2 fully saturated rings. The molecule has 1 aromatic carbocycles. The minimum absolute atomic E-state index is 0. The summed E-state index contributed by atoms with van der Waals surface area (Å²) in [5, 5.41) is 9.77. The standard InChI is InChI=1S/C24H37N5O2.HI/c1-24(2,3)28-21(30)19-11-7-8-17(14-19)15-26-23(25-4)27-20-12-13-29(16-20)22(31)18-9-5-6-10-18;/h7-8,11,14,18,20H,5-6,9-10,12-13,15-16H2,1-4H3,(H,28,30)(H2,25,26,27);1H. The van der Waals surface area contributed by atoms with Crippen LogP contribution >= 0.6 is 24.0 Å². The summed E-state index contributed by atoms with van der Waals surface area (Å²) in [6.07, 6.45) is 5.39. The van der Waals surface area contributed by atoms with Gasteiger partial charge in [-0.05, 0) is 57.7 Å². The maximum absolute atomic E-state index is 12.7.